The molecule has 0 amide bonds. The summed E-state index contributed by atoms with van der Waals surface area (Å²) in [6.45, 7) is 3.19. The van der Waals surface area contributed by atoms with E-state index in [2.05, 4.69) is 73.3 Å². The molecule has 0 radical (unpaired) electrons. The SMILES string of the molecule is CCCNC(Cc1cccnc1)c1ccc(Br)cc1Br. The molecule has 1 unspecified atom stereocenters. The molecule has 0 saturated carbocycles. The van der Waals surface area contributed by atoms with Crippen LogP contribution in [0.4, 0.5) is 0 Å². The van der Waals surface area contributed by atoms with E-state index in [9.17, 15) is 0 Å². The van der Waals surface area contributed by atoms with Crippen LogP contribution in [0.5, 0.6) is 0 Å². The Labute approximate surface area is 137 Å². The molecule has 2 aromatic rings. The Morgan fingerprint density at radius 3 is 2.75 bits per heavy atom. The summed E-state index contributed by atoms with van der Waals surface area (Å²) >= 11 is 7.17. The van der Waals surface area contributed by atoms with Crippen LogP contribution < -0.4 is 5.32 Å². The third-order valence-electron chi connectivity index (χ3n) is 3.14. The van der Waals surface area contributed by atoms with Crippen molar-refractivity contribution in [3.8, 4) is 0 Å². The summed E-state index contributed by atoms with van der Waals surface area (Å²) in [6, 6.07) is 10.8. The van der Waals surface area contributed by atoms with Crippen LogP contribution >= 0.6 is 31.9 Å². The van der Waals surface area contributed by atoms with E-state index in [0.717, 1.165) is 28.3 Å². The normalized spacial score (nSPS) is 12.3. The zero-order valence-corrected chi connectivity index (χ0v) is 14.6. The van der Waals surface area contributed by atoms with Crippen molar-refractivity contribution in [2.24, 2.45) is 0 Å². The average molecular weight is 398 g/mol. The topological polar surface area (TPSA) is 24.9 Å². The number of pyridine rings is 1. The Balaban J connectivity index is 2.22. The van der Waals surface area contributed by atoms with Gasteiger partial charge in [0, 0.05) is 27.4 Å². The standard InChI is InChI=1S/C16H18Br2N2/c1-2-7-20-16(9-12-4-3-8-19-11-12)14-6-5-13(17)10-15(14)18/h3-6,8,10-11,16,20H,2,7,9H2,1H3. The van der Waals surface area contributed by atoms with Crippen LogP contribution in [-0.2, 0) is 6.42 Å². The van der Waals surface area contributed by atoms with Crippen molar-refractivity contribution < 1.29 is 0 Å². The van der Waals surface area contributed by atoms with E-state index < -0.39 is 0 Å². The van der Waals surface area contributed by atoms with Crippen LogP contribution in [-0.4, -0.2) is 11.5 Å². The van der Waals surface area contributed by atoms with E-state index in [1.54, 1.807) is 0 Å². The minimum Gasteiger partial charge on any atom is -0.310 e. The van der Waals surface area contributed by atoms with Crippen molar-refractivity contribution in [3.05, 3.63) is 62.8 Å². The van der Waals surface area contributed by atoms with E-state index in [1.165, 1.54) is 11.1 Å². The van der Waals surface area contributed by atoms with Gasteiger partial charge in [-0.1, -0.05) is 50.9 Å². The maximum absolute atomic E-state index is 4.20. The van der Waals surface area contributed by atoms with Crippen LogP contribution in [0.25, 0.3) is 0 Å². The number of hydrogen-bond donors (Lipinski definition) is 1. The Kier molecular flexibility index (Phi) is 6.20. The fraction of sp³-hybridized carbons (Fsp3) is 0.312. The van der Waals surface area contributed by atoms with Gasteiger partial charge < -0.3 is 5.32 Å². The van der Waals surface area contributed by atoms with Crippen LogP contribution in [0, 0.1) is 0 Å². The highest BCUT2D eigenvalue weighted by atomic mass is 79.9. The molecular weight excluding hydrogens is 380 g/mol. The molecule has 0 saturated heterocycles. The Morgan fingerprint density at radius 2 is 2.10 bits per heavy atom. The maximum Gasteiger partial charge on any atom is 0.0372 e. The predicted octanol–water partition coefficient (Wildman–Crippen LogP) is 4.89. The molecule has 1 aromatic heterocycles. The largest absolute Gasteiger partial charge is 0.310 e. The first kappa shape index (κ1) is 15.7. The Morgan fingerprint density at radius 1 is 1.25 bits per heavy atom. The Bertz CT molecular complexity index is 543. The second kappa shape index (κ2) is 7.91. The summed E-state index contributed by atoms with van der Waals surface area (Å²) in [5.41, 5.74) is 2.53. The molecule has 0 aliphatic rings. The molecule has 4 heteroatoms. The molecule has 106 valence electrons. The van der Waals surface area contributed by atoms with Crippen LogP contribution in [0.2, 0.25) is 0 Å². The van der Waals surface area contributed by atoms with Crippen molar-refractivity contribution >= 4 is 31.9 Å². The summed E-state index contributed by atoms with van der Waals surface area (Å²) < 4.78 is 2.22. The molecule has 0 spiro atoms. The van der Waals surface area contributed by atoms with Crippen LogP contribution in [0.1, 0.15) is 30.5 Å². The quantitative estimate of drug-likeness (QED) is 0.750. The predicted molar refractivity (Wildman–Crippen MR) is 90.8 cm³/mol. The zero-order valence-electron chi connectivity index (χ0n) is 11.4. The third kappa shape index (κ3) is 4.40. The van der Waals surface area contributed by atoms with Gasteiger partial charge in [-0.15, -0.1) is 0 Å². The highest BCUT2D eigenvalue weighted by Gasteiger charge is 2.14. The van der Waals surface area contributed by atoms with E-state index in [1.807, 2.05) is 18.5 Å². The maximum atomic E-state index is 4.20. The van der Waals surface area contributed by atoms with E-state index in [4.69, 9.17) is 0 Å². The molecule has 1 N–H and O–H groups in total. The van der Waals surface area contributed by atoms with Gasteiger partial charge in [-0.2, -0.15) is 0 Å². The lowest BCUT2D eigenvalue weighted by molar-refractivity contribution is 0.527. The van der Waals surface area contributed by atoms with Crippen molar-refractivity contribution in [1.82, 2.24) is 10.3 Å². The average Bonchev–Trinajstić information content (AvgIpc) is 2.45. The first-order chi connectivity index (χ1) is 9.70. The lowest BCUT2D eigenvalue weighted by Crippen LogP contribution is -2.24. The fourth-order valence-electron chi connectivity index (χ4n) is 2.15. The number of nitrogens with zero attached hydrogens (tertiary/aromatic N) is 1. The zero-order chi connectivity index (χ0) is 14.4. The minimum absolute atomic E-state index is 0.293. The summed E-state index contributed by atoms with van der Waals surface area (Å²) in [6.07, 6.45) is 5.81. The second-order valence-electron chi connectivity index (χ2n) is 4.74. The first-order valence-corrected chi connectivity index (χ1v) is 8.36. The van der Waals surface area contributed by atoms with E-state index in [-0.39, 0.29) is 0 Å². The number of rotatable bonds is 6. The number of nitrogens with one attached hydrogen (secondary N) is 1. The molecule has 2 nitrogen and oxygen atoms in total. The molecule has 2 rings (SSSR count). The molecule has 20 heavy (non-hydrogen) atoms. The summed E-state index contributed by atoms with van der Waals surface area (Å²) in [4.78, 5) is 4.20. The lowest BCUT2D eigenvalue weighted by atomic mass is 10.00. The molecule has 0 aliphatic heterocycles. The number of aromatic nitrogens is 1. The van der Waals surface area contributed by atoms with Crippen molar-refractivity contribution in [1.29, 1.82) is 0 Å². The third-order valence-corrected chi connectivity index (χ3v) is 4.32. The summed E-state index contributed by atoms with van der Waals surface area (Å²) in [5.74, 6) is 0. The van der Waals surface area contributed by atoms with Gasteiger partial charge in [0.2, 0.25) is 0 Å². The molecular formula is C16H18Br2N2. The van der Waals surface area contributed by atoms with Gasteiger partial charge in [0.05, 0.1) is 0 Å². The molecule has 1 heterocycles. The van der Waals surface area contributed by atoms with Crippen LogP contribution in [0.15, 0.2) is 51.7 Å². The second-order valence-corrected chi connectivity index (χ2v) is 6.51. The highest BCUT2D eigenvalue weighted by molar-refractivity contribution is 9.11. The van der Waals surface area contributed by atoms with Gasteiger partial charge in [-0.3, -0.25) is 4.98 Å². The van der Waals surface area contributed by atoms with Gasteiger partial charge in [-0.05, 0) is 48.7 Å². The molecule has 0 fully saturated rings. The fourth-order valence-corrected chi connectivity index (χ4v) is 3.47. The summed E-state index contributed by atoms with van der Waals surface area (Å²) in [5, 5.41) is 3.62. The van der Waals surface area contributed by atoms with E-state index >= 15 is 0 Å². The van der Waals surface area contributed by atoms with Crippen molar-refractivity contribution in [2.75, 3.05) is 6.54 Å². The number of benzene rings is 1. The van der Waals surface area contributed by atoms with Gasteiger partial charge in [-0.25, -0.2) is 0 Å². The monoisotopic (exact) mass is 396 g/mol. The first-order valence-electron chi connectivity index (χ1n) is 6.78. The van der Waals surface area contributed by atoms with Crippen LogP contribution in [0.3, 0.4) is 0 Å². The van der Waals surface area contributed by atoms with Gasteiger partial charge >= 0.3 is 0 Å². The molecule has 0 aliphatic carbocycles. The van der Waals surface area contributed by atoms with Gasteiger partial charge in [0.25, 0.3) is 0 Å². The lowest BCUT2D eigenvalue weighted by Gasteiger charge is -2.20. The molecule has 0 bridgehead atoms. The smallest absolute Gasteiger partial charge is 0.0372 e. The number of halogens is 2. The molecule has 1 aromatic carbocycles. The van der Waals surface area contributed by atoms with E-state index in [0.29, 0.717) is 6.04 Å². The summed E-state index contributed by atoms with van der Waals surface area (Å²) in [7, 11) is 0. The molecule has 1 atom stereocenters. The van der Waals surface area contributed by atoms with Gasteiger partial charge in [0.15, 0.2) is 0 Å². The van der Waals surface area contributed by atoms with Crippen molar-refractivity contribution in [3.63, 3.8) is 0 Å². The number of hydrogen-bond acceptors (Lipinski definition) is 2. The minimum atomic E-state index is 0.293. The Hall–Kier alpha value is -0.710. The van der Waals surface area contributed by atoms with Crippen molar-refractivity contribution in [2.45, 2.75) is 25.8 Å². The van der Waals surface area contributed by atoms with Gasteiger partial charge in [0.1, 0.15) is 0 Å². The highest BCUT2D eigenvalue weighted by Crippen LogP contribution is 2.29.